The van der Waals surface area contributed by atoms with E-state index < -0.39 is 11.9 Å². The standard InChI is InChI=1S/C26H20N2O4/c1-17-8-10-19(11-9-17)25-16-21(26(30)32-25)14-20-15-23(12-13-24(20)31-18(2)29)28-27-22-6-4-3-5-7-22/h3-16H,1-2H3/b21-14+,28-27?. The average Bonchev–Trinajstić information content (AvgIpc) is 3.15. The Morgan fingerprint density at radius 2 is 1.66 bits per heavy atom. The van der Waals surface area contributed by atoms with Crippen LogP contribution in [0.25, 0.3) is 11.8 Å². The summed E-state index contributed by atoms with van der Waals surface area (Å²) in [5, 5.41) is 8.45. The summed E-state index contributed by atoms with van der Waals surface area (Å²) in [5.74, 6) is -0.164. The molecule has 6 nitrogen and oxygen atoms in total. The molecule has 6 heteroatoms. The fraction of sp³-hybridized carbons (Fsp3) is 0.0769. The number of rotatable bonds is 5. The molecule has 4 rings (SSSR count). The average molecular weight is 424 g/mol. The van der Waals surface area contributed by atoms with Gasteiger partial charge >= 0.3 is 11.9 Å². The molecule has 0 saturated carbocycles. The summed E-state index contributed by atoms with van der Waals surface area (Å²) in [6.45, 7) is 3.31. The van der Waals surface area contributed by atoms with E-state index in [-0.39, 0.29) is 0 Å². The zero-order valence-electron chi connectivity index (χ0n) is 17.6. The van der Waals surface area contributed by atoms with Gasteiger partial charge in [-0.3, -0.25) is 4.79 Å². The normalized spacial score (nSPS) is 14.5. The molecule has 0 aliphatic carbocycles. The third-order valence-corrected chi connectivity index (χ3v) is 4.66. The number of nitrogens with zero attached hydrogens (tertiary/aromatic N) is 2. The second kappa shape index (κ2) is 9.22. The molecule has 0 fully saturated rings. The summed E-state index contributed by atoms with van der Waals surface area (Å²) in [6, 6.07) is 22.0. The summed E-state index contributed by atoms with van der Waals surface area (Å²) in [7, 11) is 0. The van der Waals surface area contributed by atoms with Crippen LogP contribution in [-0.2, 0) is 14.3 Å². The molecule has 0 saturated heterocycles. The first-order valence-corrected chi connectivity index (χ1v) is 10.00. The van der Waals surface area contributed by atoms with Gasteiger partial charge in [-0.15, -0.1) is 0 Å². The number of esters is 2. The Bertz CT molecular complexity index is 1260. The monoisotopic (exact) mass is 424 g/mol. The van der Waals surface area contributed by atoms with Gasteiger partial charge in [-0.1, -0.05) is 48.0 Å². The third kappa shape index (κ3) is 5.05. The molecule has 1 heterocycles. The number of cyclic esters (lactones) is 1. The van der Waals surface area contributed by atoms with E-state index in [0.717, 1.165) is 11.1 Å². The molecule has 0 amide bonds. The van der Waals surface area contributed by atoms with E-state index in [2.05, 4.69) is 10.2 Å². The van der Waals surface area contributed by atoms with Gasteiger partial charge in [0.2, 0.25) is 0 Å². The van der Waals surface area contributed by atoms with E-state index >= 15 is 0 Å². The van der Waals surface area contributed by atoms with E-state index in [1.54, 1.807) is 30.4 Å². The summed E-state index contributed by atoms with van der Waals surface area (Å²) in [4.78, 5) is 24.0. The number of azo groups is 1. The minimum atomic E-state index is -0.481. The highest BCUT2D eigenvalue weighted by Crippen LogP contribution is 2.32. The lowest BCUT2D eigenvalue weighted by Gasteiger charge is -2.07. The number of hydrogen-bond donors (Lipinski definition) is 0. The van der Waals surface area contributed by atoms with Crippen LogP contribution < -0.4 is 4.74 Å². The molecule has 1 aliphatic rings. The smallest absolute Gasteiger partial charge is 0.343 e. The molecule has 0 N–H and O–H groups in total. The van der Waals surface area contributed by atoms with E-state index in [1.165, 1.54) is 6.92 Å². The van der Waals surface area contributed by atoms with Crippen LogP contribution in [0.15, 0.2) is 94.7 Å². The second-order valence-electron chi connectivity index (χ2n) is 7.22. The van der Waals surface area contributed by atoms with Crippen molar-refractivity contribution in [3.63, 3.8) is 0 Å². The molecule has 1 aliphatic heterocycles. The van der Waals surface area contributed by atoms with Gasteiger partial charge in [-0.2, -0.15) is 10.2 Å². The van der Waals surface area contributed by atoms with Crippen molar-refractivity contribution >= 4 is 35.1 Å². The van der Waals surface area contributed by atoms with Crippen LogP contribution >= 0.6 is 0 Å². The van der Waals surface area contributed by atoms with Crippen LogP contribution in [-0.4, -0.2) is 11.9 Å². The van der Waals surface area contributed by atoms with Crippen molar-refractivity contribution in [2.24, 2.45) is 10.2 Å². The first-order chi connectivity index (χ1) is 15.5. The number of benzene rings is 3. The Kier molecular flexibility index (Phi) is 6.03. The van der Waals surface area contributed by atoms with E-state index in [4.69, 9.17) is 9.47 Å². The van der Waals surface area contributed by atoms with Gasteiger partial charge < -0.3 is 9.47 Å². The minimum Gasteiger partial charge on any atom is -0.426 e. The van der Waals surface area contributed by atoms with Crippen molar-refractivity contribution in [3.8, 4) is 5.75 Å². The van der Waals surface area contributed by atoms with Gasteiger partial charge in [0.15, 0.2) is 0 Å². The molecular formula is C26H20N2O4. The van der Waals surface area contributed by atoms with Crippen LogP contribution in [0.5, 0.6) is 5.75 Å². The van der Waals surface area contributed by atoms with Gasteiger partial charge in [0.05, 0.1) is 16.9 Å². The molecular weight excluding hydrogens is 404 g/mol. The summed E-state index contributed by atoms with van der Waals surface area (Å²) in [6.07, 6.45) is 3.28. The zero-order valence-corrected chi connectivity index (χ0v) is 17.6. The quantitative estimate of drug-likeness (QED) is 0.208. The van der Waals surface area contributed by atoms with Crippen LogP contribution in [0.2, 0.25) is 0 Å². The Hall–Kier alpha value is -4.32. The highest BCUT2D eigenvalue weighted by molar-refractivity contribution is 6.05. The van der Waals surface area contributed by atoms with E-state index in [1.807, 2.05) is 61.5 Å². The summed E-state index contributed by atoms with van der Waals surface area (Å²) < 4.78 is 10.7. The fourth-order valence-corrected chi connectivity index (χ4v) is 3.09. The molecule has 0 radical (unpaired) electrons. The van der Waals surface area contributed by atoms with Crippen molar-refractivity contribution in [1.82, 2.24) is 0 Å². The highest BCUT2D eigenvalue weighted by Gasteiger charge is 2.22. The number of hydrogen-bond acceptors (Lipinski definition) is 6. The van der Waals surface area contributed by atoms with Crippen molar-refractivity contribution in [2.75, 3.05) is 0 Å². The minimum absolute atomic E-state index is 0.314. The number of carbonyl (C=O) groups excluding carboxylic acids is 2. The van der Waals surface area contributed by atoms with E-state index in [9.17, 15) is 9.59 Å². The predicted octanol–water partition coefficient (Wildman–Crippen LogP) is 6.32. The van der Waals surface area contributed by atoms with Crippen LogP contribution in [0, 0.1) is 6.92 Å². The van der Waals surface area contributed by atoms with Gasteiger partial charge in [0, 0.05) is 18.1 Å². The molecule has 0 bridgehead atoms. The zero-order chi connectivity index (χ0) is 22.5. The Morgan fingerprint density at radius 3 is 2.38 bits per heavy atom. The van der Waals surface area contributed by atoms with Crippen molar-refractivity contribution in [2.45, 2.75) is 13.8 Å². The molecule has 0 atom stereocenters. The lowest BCUT2D eigenvalue weighted by Crippen LogP contribution is -2.03. The topological polar surface area (TPSA) is 77.3 Å². The maximum atomic E-state index is 12.5. The second-order valence-corrected chi connectivity index (χ2v) is 7.22. The van der Waals surface area contributed by atoms with Gasteiger partial charge in [0.25, 0.3) is 0 Å². The summed E-state index contributed by atoms with van der Waals surface area (Å²) >= 11 is 0. The first kappa shape index (κ1) is 20.9. The van der Waals surface area contributed by atoms with Crippen molar-refractivity contribution in [3.05, 3.63) is 101 Å². The number of carbonyl (C=O) groups is 2. The lowest BCUT2D eigenvalue weighted by atomic mass is 10.1. The van der Waals surface area contributed by atoms with Crippen LogP contribution in [0.3, 0.4) is 0 Å². The molecule has 0 unspecified atom stereocenters. The third-order valence-electron chi connectivity index (χ3n) is 4.66. The van der Waals surface area contributed by atoms with Crippen molar-refractivity contribution in [1.29, 1.82) is 0 Å². The number of ether oxygens (including phenoxy) is 2. The molecule has 32 heavy (non-hydrogen) atoms. The van der Waals surface area contributed by atoms with Gasteiger partial charge in [-0.05, 0) is 49.4 Å². The van der Waals surface area contributed by atoms with Crippen molar-refractivity contribution < 1.29 is 19.1 Å². The highest BCUT2D eigenvalue weighted by atomic mass is 16.5. The fourth-order valence-electron chi connectivity index (χ4n) is 3.09. The molecule has 0 spiro atoms. The van der Waals surface area contributed by atoms with E-state index in [0.29, 0.717) is 34.0 Å². The molecule has 158 valence electrons. The Labute approximate surface area is 185 Å². The summed E-state index contributed by atoms with van der Waals surface area (Å²) in [5.41, 5.74) is 4.02. The first-order valence-electron chi connectivity index (χ1n) is 10.00. The van der Waals surface area contributed by atoms with Crippen LogP contribution in [0.4, 0.5) is 11.4 Å². The van der Waals surface area contributed by atoms with Crippen LogP contribution in [0.1, 0.15) is 23.6 Å². The molecule has 3 aromatic rings. The van der Waals surface area contributed by atoms with Gasteiger partial charge in [0.1, 0.15) is 11.5 Å². The SMILES string of the molecule is CC(=O)Oc1ccc(N=Nc2ccccc2)cc1/C=C1\C=C(c2ccc(C)cc2)OC1=O. The lowest BCUT2D eigenvalue weighted by molar-refractivity contribution is -0.132. The van der Waals surface area contributed by atoms with Gasteiger partial charge in [-0.25, -0.2) is 4.79 Å². The molecule has 3 aromatic carbocycles. The number of aryl methyl sites for hydroxylation is 1. The Balaban J connectivity index is 1.69. The predicted molar refractivity (Wildman–Crippen MR) is 122 cm³/mol. The Morgan fingerprint density at radius 1 is 0.938 bits per heavy atom. The largest absolute Gasteiger partial charge is 0.426 e. The molecule has 0 aromatic heterocycles. The maximum Gasteiger partial charge on any atom is 0.343 e. The maximum absolute atomic E-state index is 12.5.